The fraction of sp³-hybridized carbons (Fsp3) is 0.125. The lowest BCUT2D eigenvalue weighted by Gasteiger charge is -2.13. The van der Waals surface area contributed by atoms with E-state index in [1.807, 2.05) is 30.3 Å². The van der Waals surface area contributed by atoms with Crippen LogP contribution in [-0.4, -0.2) is 23.5 Å². The third-order valence-corrected chi connectivity index (χ3v) is 4.10. The molecule has 0 aliphatic heterocycles. The molecule has 2 aromatic carbocycles. The predicted octanol–water partition coefficient (Wildman–Crippen LogP) is 4.49. The van der Waals surface area contributed by atoms with Crippen molar-refractivity contribution in [3.05, 3.63) is 95.8 Å². The molecule has 1 N–H and O–H groups in total. The number of nitrogens with zero attached hydrogens (tertiary/aromatic N) is 1. The second-order valence-electron chi connectivity index (χ2n) is 6.31. The van der Waals surface area contributed by atoms with Gasteiger partial charge in [-0.15, -0.1) is 0 Å². The Morgan fingerprint density at radius 3 is 2.63 bits per heavy atom. The van der Waals surface area contributed by atoms with Gasteiger partial charge in [0.1, 0.15) is 12.4 Å². The minimum absolute atomic E-state index is 0.300. The summed E-state index contributed by atoms with van der Waals surface area (Å²) in [4.78, 5) is 28.5. The molecule has 1 heterocycles. The van der Waals surface area contributed by atoms with Gasteiger partial charge in [0.2, 0.25) is 0 Å². The molecule has 0 atom stereocenters. The number of nitrogens with one attached hydrogen (secondary N) is 1. The van der Waals surface area contributed by atoms with Crippen LogP contribution >= 0.6 is 0 Å². The highest BCUT2D eigenvalue weighted by atomic mass is 16.5. The lowest BCUT2D eigenvalue weighted by molar-refractivity contribution is -0.137. The number of ether oxygens (including phenoxy) is 2. The fourth-order valence-corrected chi connectivity index (χ4v) is 2.68. The van der Waals surface area contributed by atoms with E-state index in [0.29, 0.717) is 35.8 Å². The molecule has 0 aliphatic rings. The molecule has 0 aliphatic carbocycles. The third-order valence-electron chi connectivity index (χ3n) is 4.10. The molecule has 3 aromatic rings. The van der Waals surface area contributed by atoms with Gasteiger partial charge in [0.15, 0.2) is 0 Å². The second-order valence-corrected chi connectivity index (χ2v) is 6.31. The van der Waals surface area contributed by atoms with Crippen LogP contribution < -0.4 is 10.1 Å². The standard InChI is InChI=1S/C24H22N2O4/c1-2-29-23(27)13-11-18-10-12-22(30-17-19-7-4-3-5-8-19)21(15-18)24(28)26-20-9-6-14-25-16-20/h3-16H,2,17H2,1H3,(H,26,28). The van der Waals surface area contributed by atoms with Crippen molar-refractivity contribution >= 4 is 23.6 Å². The Morgan fingerprint density at radius 2 is 1.90 bits per heavy atom. The van der Waals surface area contributed by atoms with E-state index in [-0.39, 0.29) is 5.91 Å². The van der Waals surface area contributed by atoms with Crippen molar-refractivity contribution in [2.24, 2.45) is 0 Å². The normalized spacial score (nSPS) is 10.6. The van der Waals surface area contributed by atoms with Gasteiger partial charge in [0.25, 0.3) is 5.91 Å². The Balaban J connectivity index is 1.84. The summed E-state index contributed by atoms with van der Waals surface area (Å²) in [6, 6.07) is 18.3. The van der Waals surface area contributed by atoms with Gasteiger partial charge in [-0.2, -0.15) is 0 Å². The topological polar surface area (TPSA) is 77.5 Å². The number of hydrogen-bond donors (Lipinski definition) is 1. The maximum absolute atomic E-state index is 12.9. The molecule has 152 valence electrons. The first-order valence-corrected chi connectivity index (χ1v) is 9.52. The van der Waals surface area contributed by atoms with Gasteiger partial charge in [-0.1, -0.05) is 36.4 Å². The monoisotopic (exact) mass is 402 g/mol. The molecule has 0 spiro atoms. The molecule has 6 heteroatoms. The largest absolute Gasteiger partial charge is 0.488 e. The highest BCUT2D eigenvalue weighted by molar-refractivity contribution is 6.06. The van der Waals surface area contributed by atoms with Crippen LogP contribution in [0.25, 0.3) is 6.08 Å². The molecule has 3 rings (SSSR count). The average molecular weight is 402 g/mol. The highest BCUT2D eigenvalue weighted by Gasteiger charge is 2.14. The molecule has 0 unspecified atom stereocenters. The lowest BCUT2D eigenvalue weighted by Crippen LogP contribution is -2.14. The Labute approximate surface area is 175 Å². The molecule has 0 radical (unpaired) electrons. The van der Waals surface area contributed by atoms with Crippen LogP contribution in [0, 0.1) is 0 Å². The summed E-state index contributed by atoms with van der Waals surface area (Å²) < 4.78 is 10.8. The molecule has 0 saturated heterocycles. The van der Waals surface area contributed by atoms with Gasteiger partial charge in [0.05, 0.1) is 24.1 Å². The van der Waals surface area contributed by atoms with E-state index in [4.69, 9.17) is 9.47 Å². The molecule has 1 aromatic heterocycles. The van der Waals surface area contributed by atoms with Crippen LogP contribution in [-0.2, 0) is 16.1 Å². The molecule has 30 heavy (non-hydrogen) atoms. The number of hydrogen-bond acceptors (Lipinski definition) is 5. The number of amides is 1. The van der Waals surface area contributed by atoms with Gasteiger partial charge in [-0.3, -0.25) is 9.78 Å². The van der Waals surface area contributed by atoms with Crippen LogP contribution in [0.15, 0.2) is 79.1 Å². The fourth-order valence-electron chi connectivity index (χ4n) is 2.68. The second kappa shape index (κ2) is 10.6. The maximum Gasteiger partial charge on any atom is 0.330 e. The smallest absolute Gasteiger partial charge is 0.330 e. The van der Waals surface area contributed by atoms with Crippen LogP contribution in [0.2, 0.25) is 0 Å². The summed E-state index contributed by atoms with van der Waals surface area (Å²) in [5, 5.41) is 2.81. The van der Waals surface area contributed by atoms with Gasteiger partial charge in [-0.05, 0) is 48.4 Å². The van der Waals surface area contributed by atoms with E-state index >= 15 is 0 Å². The first-order chi connectivity index (χ1) is 14.7. The number of anilines is 1. The van der Waals surface area contributed by atoms with Crippen molar-refractivity contribution in [3.8, 4) is 5.75 Å². The predicted molar refractivity (Wildman–Crippen MR) is 115 cm³/mol. The summed E-state index contributed by atoms with van der Waals surface area (Å²) in [6.45, 7) is 2.37. The van der Waals surface area contributed by atoms with Crippen molar-refractivity contribution in [1.82, 2.24) is 4.98 Å². The van der Waals surface area contributed by atoms with Crippen LogP contribution in [0.3, 0.4) is 0 Å². The van der Waals surface area contributed by atoms with Crippen LogP contribution in [0.1, 0.15) is 28.4 Å². The number of esters is 1. The first kappa shape index (κ1) is 20.8. The molecular weight excluding hydrogens is 380 g/mol. The summed E-state index contributed by atoms with van der Waals surface area (Å²) in [6.07, 6.45) is 6.11. The molecule has 0 fully saturated rings. The Kier molecular flexibility index (Phi) is 7.33. The SMILES string of the molecule is CCOC(=O)C=Cc1ccc(OCc2ccccc2)c(C(=O)Nc2cccnc2)c1. The zero-order valence-corrected chi connectivity index (χ0v) is 16.6. The number of rotatable bonds is 8. The van der Waals surface area contributed by atoms with E-state index in [1.165, 1.54) is 6.08 Å². The molecule has 1 amide bonds. The zero-order chi connectivity index (χ0) is 21.2. The molecule has 0 bridgehead atoms. The van der Waals surface area contributed by atoms with E-state index in [9.17, 15) is 9.59 Å². The van der Waals surface area contributed by atoms with Crippen molar-refractivity contribution in [1.29, 1.82) is 0 Å². The van der Waals surface area contributed by atoms with Crippen molar-refractivity contribution in [2.45, 2.75) is 13.5 Å². The number of aromatic nitrogens is 1. The Hall–Kier alpha value is -3.93. The quantitative estimate of drug-likeness (QED) is 0.444. The van der Waals surface area contributed by atoms with Crippen molar-refractivity contribution in [2.75, 3.05) is 11.9 Å². The maximum atomic E-state index is 12.9. The summed E-state index contributed by atoms with van der Waals surface area (Å²) >= 11 is 0. The number of carbonyl (C=O) groups excluding carboxylic acids is 2. The zero-order valence-electron chi connectivity index (χ0n) is 16.6. The minimum atomic E-state index is -0.441. The Bertz CT molecular complexity index is 1020. The molecule has 6 nitrogen and oxygen atoms in total. The van der Waals surface area contributed by atoms with E-state index in [0.717, 1.165) is 5.56 Å². The van der Waals surface area contributed by atoms with Crippen molar-refractivity contribution < 1.29 is 19.1 Å². The highest BCUT2D eigenvalue weighted by Crippen LogP contribution is 2.24. The summed E-state index contributed by atoms with van der Waals surface area (Å²) in [7, 11) is 0. The number of pyridine rings is 1. The summed E-state index contributed by atoms with van der Waals surface area (Å²) in [5.41, 5.74) is 2.58. The van der Waals surface area contributed by atoms with Gasteiger partial charge in [-0.25, -0.2) is 4.79 Å². The molecular formula is C24H22N2O4. The molecule has 0 saturated carbocycles. The van der Waals surface area contributed by atoms with E-state index in [2.05, 4.69) is 10.3 Å². The number of carbonyl (C=O) groups is 2. The van der Waals surface area contributed by atoms with Gasteiger partial charge >= 0.3 is 5.97 Å². The van der Waals surface area contributed by atoms with E-state index < -0.39 is 5.97 Å². The average Bonchev–Trinajstić information content (AvgIpc) is 2.78. The van der Waals surface area contributed by atoms with Gasteiger partial charge < -0.3 is 14.8 Å². The minimum Gasteiger partial charge on any atom is -0.488 e. The van der Waals surface area contributed by atoms with Crippen LogP contribution in [0.5, 0.6) is 5.75 Å². The Morgan fingerprint density at radius 1 is 1.07 bits per heavy atom. The first-order valence-electron chi connectivity index (χ1n) is 9.52. The van der Waals surface area contributed by atoms with Crippen LogP contribution in [0.4, 0.5) is 5.69 Å². The van der Waals surface area contributed by atoms with Gasteiger partial charge in [0, 0.05) is 12.3 Å². The summed E-state index contributed by atoms with van der Waals surface area (Å²) in [5.74, 6) is -0.339. The number of benzene rings is 2. The van der Waals surface area contributed by atoms with Crippen molar-refractivity contribution in [3.63, 3.8) is 0 Å². The van der Waals surface area contributed by atoms with E-state index in [1.54, 1.807) is 55.7 Å². The third kappa shape index (κ3) is 6.04. The lowest BCUT2D eigenvalue weighted by atomic mass is 10.1.